The second kappa shape index (κ2) is 10.5. The minimum Gasteiger partial charge on any atom is -0.497 e. The van der Waals surface area contributed by atoms with Crippen LogP contribution in [0.25, 0.3) is 0 Å². The summed E-state index contributed by atoms with van der Waals surface area (Å²) in [5.74, 6) is 0.741. The molecule has 0 bridgehead atoms. The first kappa shape index (κ1) is 23.6. The topological polar surface area (TPSA) is 109 Å². The third-order valence-electron chi connectivity index (χ3n) is 4.98. The van der Waals surface area contributed by atoms with E-state index in [1.165, 1.54) is 21.1 Å². The lowest BCUT2D eigenvalue weighted by molar-refractivity contribution is -0.123. The van der Waals surface area contributed by atoms with Crippen LogP contribution < -0.4 is 19.5 Å². The van der Waals surface area contributed by atoms with Gasteiger partial charge in [0, 0.05) is 6.07 Å². The highest BCUT2D eigenvalue weighted by Gasteiger charge is 2.23. The summed E-state index contributed by atoms with van der Waals surface area (Å²) in [5, 5.41) is 6.59. The van der Waals surface area contributed by atoms with Gasteiger partial charge in [-0.15, -0.1) is 0 Å². The van der Waals surface area contributed by atoms with Crippen LogP contribution in [0.2, 0.25) is 0 Å². The third kappa shape index (κ3) is 5.62. The molecule has 174 valence electrons. The summed E-state index contributed by atoms with van der Waals surface area (Å²) >= 11 is 0. The van der Waals surface area contributed by atoms with Crippen LogP contribution in [-0.2, 0) is 16.1 Å². The lowest BCUT2D eigenvalue weighted by atomic mass is 10.2. The fraction of sp³-hybridized carbons (Fsp3) is 0.292. The van der Waals surface area contributed by atoms with Crippen LogP contribution in [0.1, 0.15) is 34.3 Å². The zero-order valence-corrected chi connectivity index (χ0v) is 19.1. The van der Waals surface area contributed by atoms with Crippen LogP contribution in [0.4, 0.5) is 5.69 Å². The Morgan fingerprint density at radius 2 is 1.82 bits per heavy atom. The molecule has 3 aromatic rings. The maximum absolute atomic E-state index is 12.8. The molecule has 33 heavy (non-hydrogen) atoms. The molecule has 0 aliphatic carbocycles. The molecular formula is C24H26N2O7. The first-order chi connectivity index (χ1) is 15.8. The number of benzene rings is 2. The molecule has 0 saturated carbocycles. The van der Waals surface area contributed by atoms with Crippen molar-refractivity contribution >= 4 is 17.6 Å². The van der Waals surface area contributed by atoms with Crippen LogP contribution in [0.3, 0.4) is 0 Å². The van der Waals surface area contributed by atoms with E-state index < -0.39 is 18.0 Å². The highest BCUT2D eigenvalue weighted by atomic mass is 16.6. The first-order valence-electron chi connectivity index (χ1n) is 10.2. The number of methoxy groups -OCH3 is 2. The van der Waals surface area contributed by atoms with Gasteiger partial charge in [-0.2, -0.15) is 0 Å². The Morgan fingerprint density at radius 3 is 2.48 bits per heavy atom. The molecule has 0 aliphatic rings. The van der Waals surface area contributed by atoms with Gasteiger partial charge in [0.25, 0.3) is 5.91 Å². The number of esters is 1. The Kier molecular flexibility index (Phi) is 7.55. The molecular weight excluding hydrogens is 428 g/mol. The van der Waals surface area contributed by atoms with E-state index in [0.29, 0.717) is 34.4 Å². The molecule has 2 aromatic carbocycles. The predicted octanol–water partition coefficient (Wildman–Crippen LogP) is 4.07. The lowest BCUT2D eigenvalue weighted by Gasteiger charge is -2.17. The Balaban J connectivity index is 1.68. The monoisotopic (exact) mass is 454 g/mol. The zero-order valence-electron chi connectivity index (χ0n) is 19.1. The Morgan fingerprint density at radius 1 is 1.06 bits per heavy atom. The molecule has 0 saturated heterocycles. The zero-order chi connectivity index (χ0) is 24.0. The van der Waals surface area contributed by atoms with Crippen LogP contribution in [-0.4, -0.2) is 37.4 Å². The molecule has 0 spiro atoms. The SMILES string of the molecule is COc1ccc(OC)c(NC(=O)C(C)OC(=O)c2ccccc2OCc2c(C)noc2C)c1. The third-order valence-corrected chi connectivity index (χ3v) is 4.98. The largest absolute Gasteiger partial charge is 0.497 e. The molecule has 0 fully saturated rings. The van der Waals surface area contributed by atoms with E-state index in [2.05, 4.69) is 10.5 Å². The van der Waals surface area contributed by atoms with Crippen molar-refractivity contribution in [2.45, 2.75) is 33.5 Å². The number of rotatable bonds is 9. The number of amides is 1. The minimum atomic E-state index is -1.08. The molecule has 0 radical (unpaired) electrons. The first-order valence-corrected chi connectivity index (χ1v) is 10.2. The summed E-state index contributed by atoms with van der Waals surface area (Å²) in [4.78, 5) is 25.4. The fourth-order valence-corrected chi connectivity index (χ4v) is 3.04. The Labute approximate surface area is 191 Å². The molecule has 1 aromatic heterocycles. The molecule has 0 aliphatic heterocycles. The van der Waals surface area contributed by atoms with Gasteiger partial charge in [0.15, 0.2) is 6.10 Å². The van der Waals surface area contributed by atoms with E-state index in [0.717, 1.165) is 5.56 Å². The summed E-state index contributed by atoms with van der Waals surface area (Å²) < 4.78 is 26.8. The van der Waals surface area contributed by atoms with E-state index in [9.17, 15) is 9.59 Å². The number of carbonyl (C=O) groups excluding carboxylic acids is 2. The van der Waals surface area contributed by atoms with Gasteiger partial charge in [-0.05, 0) is 45.0 Å². The molecule has 3 rings (SSSR count). The molecule has 1 N–H and O–H groups in total. The summed E-state index contributed by atoms with van der Waals surface area (Å²) in [5.41, 5.74) is 2.11. The van der Waals surface area contributed by atoms with Gasteiger partial charge in [-0.25, -0.2) is 4.79 Å². The van der Waals surface area contributed by atoms with E-state index in [1.807, 2.05) is 6.92 Å². The van der Waals surface area contributed by atoms with Crippen molar-refractivity contribution in [3.63, 3.8) is 0 Å². The van der Waals surface area contributed by atoms with E-state index >= 15 is 0 Å². The highest BCUT2D eigenvalue weighted by molar-refractivity contribution is 5.99. The van der Waals surface area contributed by atoms with Crippen molar-refractivity contribution in [3.05, 3.63) is 65.0 Å². The quantitative estimate of drug-likeness (QED) is 0.482. The van der Waals surface area contributed by atoms with Crippen molar-refractivity contribution in [2.24, 2.45) is 0 Å². The van der Waals surface area contributed by atoms with Gasteiger partial charge in [-0.1, -0.05) is 17.3 Å². The predicted molar refractivity (Wildman–Crippen MR) is 120 cm³/mol. The Bertz CT molecular complexity index is 1120. The average Bonchev–Trinajstić information content (AvgIpc) is 3.14. The summed E-state index contributed by atoms with van der Waals surface area (Å²) in [7, 11) is 3.00. The van der Waals surface area contributed by atoms with Gasteiger partial charge in [0.1, 0.15) is 35.2 Å². The number of hydrogen-bond donors (Lipinski definition) is 1. The standard InChI is InChI=1S/C24H26N2O7/c1-14-19(15(2)33-26-14)13-31-21-9-7-6-8-18(21)24(28)32-16(3)23(27)25-20-12-17(29-4)10-11-22(20)30-5/h6-12,16H,13H2,1-5H3,(H,25,27). The highest BCUT2D eigenvalue weighted by Crippen LogP contribution is 2.29. The van der Waals surface area contributed by atoms with E-state index in [-0.39, 0.29) is 12.2 Å². The number of hydrogen-bond acceptors (Lipinski definition) is 8. The number of ether oxygens (including phenoxy) is 4. The molecule has 1 atom stereocenters. The number of carbonyl (C=O) groups is 2. The Hall–Kier alpha value is -4.01. The normalized spacial score (nSPS) is 11.4. The van der Waals surface area contributed by atoms with Crippen LogP contribution in [0.15, 0.2) is 47.0 Å². The summed E-state index contributed by atoms with van der Waals surface area (Å²) in [6.45, 7) is 5.26. The van der Waals surface area contributed by atoms with Crippen molar-refractivity contribution in [2.75, 3.05) is 19.5 Å². The van der Waals surface area contributed by atoms with Gasteiger partial charge < -0.3 is 28.8 Å². The number of para-hydroxylation sites is 1. The number of nitrogens with one attached hydrogen (secondary N) is 1. The van der Waals surface area contributed by atoms with Gasteiger partial charge in [-0.3, -0.25) is 4.79 Å². The second-order valence-electron chi connectivity index (χ2n) is 7.19. The van der Waals surface area contributed by atoms with Crippen molar-refractivity contribution in [1.29, 1.82) is 0 Å². The second-order valence-corrected chi connectivity index (χ2v) is 7.19. The summed E-state index contributed by atoms with van der Waals surface area (Å²) in [6, 6.07) is 11.6. The lowest BCUT2D eigenvalue weighted by Crippen LogP contribution is -2.30. The maximum Gasteiger partial charge on any atom is 0.342 e. The van der Waals surface area contributed by atoms with Crippen LogP contribution >= 0.6 is 0 Å². The fourth-order valence-electron chi connectivity index (χ4n) is 3.04. The number of aromatic nitrogens is 1. The molecule has 1 heterocycles. The number of anilines is 1. The summed E-state index contributed by atoms with van der Waals surface area (Å²) in [6.07, 6.45) is -1.08. The molecule has 9 nitrogen and oxygen atoms in total. The smallest absolute Gasteiger partial charge is 0.342 e. The van der Waals surface area contributed by atoms with Crippen LogP contribution in [0, 0.1) is 13.8 Å². The minimum absolute atomic E-state index is 0.178. The number of nitrogens with zero attached hydrogens (tertiary/aromatic N) is 1. The van der Waals surface area contributed by atoms with Crippen molar-refractivity contribution < 1.29 is 33.1 Å². The van der Waals surface area contributed by atoms with Gasteiger partial charge in [0.05, 0.1) is 31.2 Å². The van der Waals surface area contributed by atoms with Gasteiger partial charge >= 0.3 is 5.97 Å². The van der Waals surface area contributed by atoms with Crippen LogP contribution in [0.5, 0.6) is 17.2 Å². The molecule has 1 amide bonds. The van der Waals surface area contributed by atoms with E-state index in [4.69, 9.17) is 23.5 Å². The van der Waals surface area contributed by atoms with Gasteiger partial charge in [0.2, 0.25) is 0 Å². The molecule has 9 heteroatoms. The van der Waals surface area contributed by atoms with Crippen molar-refractivity contribution in [1.82, 2.24) is 5.16 Å². The van der Waals surface area contributed by atoms with E-state index in [1.54, 1.807) is 49.4 Å². The molecule has 1 unspecified atom stereocenters. The average molecular weight is 454 g/mol. The maximum atomic E-state index is 12.8. The number of aryl methyl sites for hydroxylation is 2. The van der Waals surface area contributed by atoms with Crippen molar-refractivity contribution in [3.8, 4) is 17.2 Å².